The van der Waals surface area contributed by atoms with Crippen molar-refractivity contribution < 1.29 is 5.11 Å². The fourth-order valence-corrected chi connectivity index (χ4v) is 4.06. The number of fused-ring (bicyclic) bond motifs is 1. The molecule has 1 aliphatic carbocycles. The van der Waals surface area contributed by atoms with Crippen LogP contribution in [0.1, 0.15) is 35.1 Å². The van der Waals surface area contributed by atoms with Crippen LogP contribution in [0.25, 0.3) is 0 Å². The van der Waals surface area contributed by atoms with E-state index >= 15 is 0 Å². The lowest BCUT2D eigenvalue weighted by molar-refractivity contribution is 0.160. The zero-order valence-electron chi connectivity index (χ0n) is 11.3. The first-order valence-electron chi connectivity index (χ1n) is 6.77. The van der Waals surface area contributed by atoms with Crippen molar-refractivity contribution in [3.63, 3.8) is 0 Å². The first kappa shape index (κ1) is 14.0. The summed E-state index contributed by atoms with van der Waals surface area (Å²) in [4.78, 5) is 7.91. The molecule has 0 spiro atoms. The van der Waals surface area contributed by atoms with Crippen molar-refractivity contribution in [1.29, 1.82) is 0 Å². The second kappa shape index (κ2) is 5.84. The molecule has 0 amide bonds. The van der Waals surface area contributed by atoms with Crippen LogP contribution >= 0.6 is 27.3 Å². The quantitative estimate of drug-likeness (QED) is 0.909. The van der Waals surface area contributed by atoms with Crippen LogP contribution in [0.2, 0.25) is 0 Å². The van der Waals surface area contributed by atoms with Gasteiger partial charge in [0.25, 0.3) is 0 Å². The van der Waals surface area contributed by atoms with E-state index in [-0.39, 0.29) is 6.10 Å². The molecule has 0 radical (unpaired) electrons. The molecule has 1 aromatic carbocycles. The van der Waals surface area contributed by atoms with Crippen molar-refractivity contribution in [2.45, 2.75) is 31.9 Å². The van der Waals surface area contributed by atoms with Gasteiger partial charge < -0.3 is 10.0 Å². The number of benzene rings is 1. The van der Waals surface area contributed by atoms with Gasteiger partial charge in [0.15, 0.2) is 5.13 Å². The third-order valence-electron chi connectivity index (χ3n) is 3.55. The summed E-state index contributed by atoms with van der Waals surface area (Å²) >= 11 is 5.13. The molecular formula is C15H17BrN2OS. The van der Waals surface area contributed by atoms with Gasteiger partial charge in [0.1, 0.15) is 0 Å². The van der Waals surface area contributed by atoms with Crippen LogP contribution in [0, 0.1) is 0 Å². The van der Waals surface area contributed by atoms with Crippen LogP contribution in [0.3, 0.4) is 0 Å². The summed E-state index contributed by atoms with van der Waals surface area (Å²) in [7, 11) is 2.05. The van der Waals surface area contributed by atoms with E-state index in [9.17, 15) is 5.11 Å². The number of aliphatic hydroxyl groups is 1. The lowest BCUT2D eigenvalue weighted by Crippen LogP contribution is -2.16. The topological polar surface area (TPSA) is 36.4 Å². The van der Waals surface area contributed by atoms with Crippen molar-refractivity contribution >= 4 is 32.4 Å². The number of aryl methyl sites for hydroxylation is 1. The molecule has 0 saturated heterocycles. The molecule has 0 aliphatic heterocycles. The minimum absolute atomic E-state index is 0.315. The fourth-order valence-electron chi connectivity index (χ4n) is 2.52. The normalized spacial score (nSPS) is 17.9. The lowest BCUT2D eigenvalue weighted by Gasteiger charge is -2.15. The predicted octanol–water partition coefficient (Wildman–Crippen LogP) is 3.91. The predicted molar refractivity (Wildman–Crippen MR) is 86.3 cm³/mol. The van der Waals surface area contributed by atoms with Gasteiger partial charge in [-0.25, -0.2) is 4.98 Å². The first-order chi connectivity index (χ1) is 9.63. The molecule has 1 N–H and O–H groups in total. The Bertz CT molecular complexity index is 614. The summed E-state index contributed by atoms with van der Waals surface area (Å²) in [5.41, 5.74) is 2.33. The summed E-state index contributed by atoms with van der Waals surface area (Å²) in [5.74, 6) is 0. The van der Waals surface area contributed by atoms with Gasteiger partial charge >= 0.3 is 0 Å². The van der Waals surface area contributed by atoms with E-state index < -0.39 is 0 Å². The smallest absolute Gasteiger partial charge is 0.185 e. The van der Waals surface area contributed by atoms with Crippen LogP contribution in [-0.2, 0) is 13.0 Å². The lowest BCUT2D eigenvalue weighted by atomic mass is 10.0. The van der Waals surface area contributed by atoms with E-state index in [4.69, 9.17) is 4.98 Å². The van der Waals surface area contributed by atoms with Crippen molar-refractivity contribution in [3.05, 3.63) is 44.9 Å². The number of thiazole rings is 1. The molecule has 1 aromatic heterocycles. The molecule has 0 bridgehead atoms. The van der Waals surface area contributed by atoms with Crippen LogP contribution < -0.4 is 4.90 Å². The highest BCUT2D eigenvalue weighted by atomic mass is 79.9. The number of aliphatic hydroxyl groups excluding tert-OH is 1. The molecule has 3 nitrogen and oxygen atoms in total. The minimum atomic E-state index is -0.315. The van der Waals surface area contributed by atoms with Gasteiger partial charge in [-0.1, -0.05) is 39.4 Å². The summed E-state index contributed by atoms with van der Waals surface area (Å²) < 4.78 is 1.09. The summed E-state index contributed by atoms with van der Waals surface area (Å²) in [5, 5.41) is 11.0. The Balaban J connectivity index is 1.79. The van der Waals surface area contributed by atoms with E-state index in [1.165, 1.54) is 5.56 Å². The second-order valence-corrected chi connectivity index (χ2v) is 7.13. The first-order valence-corrected chi connectivity index (χ1v) is 8.37. The Morgan fingerprint density at radius 1 is 1.50 bits per heavy atom. The van der Waals surface area contributed by atoms with Gasteiger partial charge in [0, 0.05) is 18.1 Å². The number of halogens is 1. The van der Waals surface area contributed by atoms with Crippen molar-refractivity contribution in [1.82, 2.24) is 4.98 Å². The molecule has 0 saturated carbocycles. The van der Waals surface area contributed by atoms with Crippen LogP contribution in [0.15, 0.2) is 28.7 Å². The van der Waals surface area contributed by atoms with Gasteiger partial charge in [-0.3, -0.25) is 0 Å². The number of hydrogen-bond acceptors (Lipinski definition) is 4. The SMILES string of the molecule is CN(Cc1cccc(Br)c1)c1nc2c(s1)C(O)CCC2. The number of nitrogens with zero attached hydrogens (tertiary/aromatic N) is 2. The molecular weight excluding hydrogens is 336 g/mol. The molecule has 0 fully saturated rings. The highest BCUT2D eigenvalue weighted by Crippen LogP contribution is 2.37. The van der Waals surface area contributed by atoms with Gasteiger partial charge in [-0.15, -0.1) is 0 Å². The third kappa shape index (κ3) is 2.90. The molecule has 1 atom stereocenters. The Morgan fingerprint density at radius 3 is 3.10 bits per heavy atom. The maximum atomic E-state index is 10.0. The average Bonchev–Trinajstić information content (AvgIpc) is 2.84. The average molecular weight is 353 g/mol. The Hall–Kier alpha value is -0.910. The maximum Gasteiger partial charge on any atom is 0.185 e. The fraction of sp³-hybridized carbons (Fsp3) is 0.400. The highest BCUT2D eigenvalue weighted by Gasteiger charge is 2.23. The number of hydrogen-bond donors (Lipinski definition) is 1. The summed E-state index contributed by atoms with van der Waals surface area (Å²) in [6.07, 6.45) is 2.58. The zero-order valence-corrected chi connectivity index (χ0v) is 13.7. The highest BCUT2D eigenvalue weighted by molar-refractivity contribution is 9.10. The van der Waals surface area contributed by atoms with Gasteiger partial charge in [-0.05, 0) is 37.0 Å². The number of rotatable bonds is 3. The van der Waals surface area contributed by atoms with Crippen molar-refractivity contribution in [3.8, 4) is 0 Å². The number of anilines is 1. The minimum Gasteiger partial charge on any atom is -0.388 e. The summed E-state index contributed by atoms with van der Waals surface area (Å²) in [6.45, 7) is 0.821. The molecule has 20 heavy (non-hydrogen) atoms. The molecule has 3 rings (SSSR count). The molecule has 2 aromatic rings. The Morgan fingerprint density at radius 2 is 2.35 bits per heavy atom. The maximum absolute atomic E-state index is 10.0. The van der Waals surface area contributed by atoms with Crippen molar-refractivity contribution in [2.75, 3.05) is 11.9 Å². The standard InChI is InChI=1S/C15H17BrN2OS/c1-18(9-10-4-2-5-11(16)8-10)15-17-12-6-3-7-13(19)14(12)20-15/h2,4-5,8,13,19H,3,6-7,9H2,1H3. The summed E-state index contributed by atoms with van der Waals surface area (Å²) in [6, 6.07) is 8.31. The van der Waals surface area contributed by atoms with Crippen molar-refractivity contribution in [2.24, 2.45) is 0 Å². The largest absolute Gasteiger partial charge is 0.388 e. The van der Waals surface area contributed by atoms with Crippen LogP contribution in [0.5, 0.6) is 0 Å². The number of aromatic nitrogens is 1. The third-order valence-corrected chi connectivity index (χ3v) is 5.35. The van der Waals surface area contributed by atoms with Gasteiger partial charge in [-0.2, -0.15) is 0 Å². The molecule has 1 unspecified atom stereocenters. The van der Waals surface area contributed by atoms with E-state index in [0.29, 0.717) is 0 Å². The molecule has 5 heteroatoms. The Kier molecular flexibility index (Phi) is 4.10. The molecule has 106 valence electrons. The van der Waals surface area contributed by atoms with Crippen LogP contribution in [-0.4, -0.2) is 17.1 Å². The monoisotopic (exact) mass is 352 g/mol. The van der Waals surface area contributed by atoms with Gasteiger partial charge in [0.05, 0.1) is 16.7 Å². The Labute approximate surface area is 131 Å². The molecule has 1 aliphatic rings. The second-order valence-electron chi connectivity index (χ2n) is 5.20. The molecule has 1 heterocycles. The van der Waals surface area contributed by atoms with Crippen LogP contribution in [0.4, 0.5) is 5.13 Å². The van der Waals surface area contributed by atoms with E-state index in [2.05, 4.69) is 40.0 Å². The zero-order chi connectivity index (χ0) is 14.1. The van der Waals surface area contributed by atoms with E-state index in [1.54, 1.807) is 11.3 Å². The van der Waals surface area contributed by atoms with E-state index in [0.717, 1.165) is 46.0 Å². The van der Waals surface area contributed by atoms with E-state index in [1.807, 2.05) is 12.1 Å². The van der Waals surface area contributed by atoms with Gasteiger partial charge in [0.2, 0.25) is 0 Å².